The average Bonchev–Trinajstić information content (AvgIpc) is 2.53. The zero-order valence-corrected chi connectivity index (χ0v) is 11.6. The Bertz CT molecular complexity index is 695. The Hall–Kier alpha value is -2.13. The van der Waals surface area contributed by atoms with Gasteiger partial charge in [-0.05, 0) is 5.56 Å². The number of anilines is 1. The van der Waals surface area contributed by atoms with Crippen LogP contribution < -0.4 is 5.32 Å². The maximum Gasteiger partial charge on any atom is 0.157 e. The molecular formula is C16H14ClN3. The van der Waals surface area contributed by atoms with Gasteiger partial charge in [0.15, 0.2) is 5.82 Å². The molecule has 100 valence electrons. The number of hydrogen-bond acceptors (Lipinski definition) is 3. The molecule has 2 aromatic carbocycles. The largest absolute Gasteiger partial charge is 0.360 e. The fourth-order valence-corrected chi connectivity index (χ4v) is 2.45. The van der Waals surface area contributed by atoms with Crippen LogP contribution in [0.1, 0.15) is 11.6 Å². The van der Waals surface area contributed by atoms with E-state index in [1.54, 1.807) is 6.20 Å². The van der Waals surface area contributed by atoms with E-state index >= 15 is 0 Å². The summed E-state index contributed by atoms with van der Waals surface area (Å²) >= 11 is 6.09. The highest BCUT2D eigenvalue weighted by molar-refractivity contribution is 6.18. The topological polar surface area (TPSA) is 37.8 Å². The maximum atomic E-state index is 6.09. The van der Waals surface area contributed by atoms with Crippen molar-refractivity contribution in [2.45, 2.75) is 6.04 Å². The third kappa shape index (κ3) is 2.58. The smallest absolute Gasteiger partial charge is 0.157 e. The van der Waals surface area contributed by atoms with Crippen molar-refractivity contribution in [1.82, 2.24) is 10.2 Å². The molecule has 0 radical (unpaired) electrons. The van der Waals surface area contributed by atoms with E-state index in [1.165, 1.54) is 0 Å². The summed E-state index contributed by atoms with van der Waals surface area (Å²) in [6.45, 7) is 0. The molecule has 0 saturated carbocycles. The van der Waals surface area contributed by atoms with Gasteiger partial charge in [-0.3, -0.25) is 0 Å². The van der Waals surface area contributed by atoms with Gasteiger partial charge >= 0.3 is 0 Å². The van der Waals surface area contributed by atoms with E-state index in [0.717, 1.165) is 22.2 Å². The molecule has 0 aliphatic rings. The third-order valence-corrected chi connectivity index (χ3v) is 3.55. The van der Waals surface area contributed by atoms with E-state index in [2.05, 4.69) is 27.6 Å². The van der Waals surface area contributed by atoms with Gasteiger partial charge < -0.3 is 5.32 Å². The summed E-state index contributed by atoms with van der Waals surface area (Å²) < 4.78 is 0. The summed E-state index contributed by atoms with van der Waals surface area (Å²) in [6, 6.07) is 18.2. The van der Waals surface area contributed by atoms with Crippen molar-refractivity contribution in [3.63, 3.8) is 0 Å². The lowest BCUT2D eigenvalue weighted by Crippen LogP contribution is -2.13. The van der Waals surface area contributed by atoms with Crippen LogP contribution >= 0.6 is 11.6 Å². The molecule has 1 N–H and O–H groups in total. The third-order valence-electron chi connectivity index (χ3n) is 3.24. The first-order valence-corrected chi connectivity index (χ1v) is 7.00. The molecule has 3 rings (SSSR count). The highest BCUT2D eigenvalue weighted by Gasteiger charge is 2.12. The van der Waals surface area contributed by atoms with Gasteiger partial charge in [0.1, 0.15) is 0 Å². The predicted octanol–water partition coefficient (Wildman–Crippen LogP) is 4.02. The summed E-state index contributed by atoms with van der Waals surface area (Å²) in [5.74, 6) is 1.23. The molecule has 3 aromatic rings. The summed E-state index contributed by atoms with van der Waals surface area (Å²) in [4.78, 5) is 0. The lowest BCUT2D eigenvalue weighted by molar-refractivity contribution is 0.873. The molecule has 0 bridgehead atoms. The molecule has 0 aliphatic heterocycles. The van der Waals surface area contributed by atoms with Gasteiger partial charge in [-0.1, -0.05) is 54.6 Å². The summed E-state index contributed by atoms with van der Waals surface area (Å²) in [5.41, 5.74) is 1.14. The number of rotatable bonds is 4. The molecular weight excluding hydrogens is 270 g/mol. The van der Waals surface area contributed by atoms with E-state index < -0.39 is 0 Å². The van der Waals surface area contributed by atoms with Crippen LogP contribution in [0.2, 0.25) is 0 Å². The average molecular weight is 284 g/mol. The number of hydrogen-bond donors (Lipinski definition) is 1. The SMILES string of the molecule is ClCC(Nc1nncc2ccccc12)c1ccccc1. The number of halogens is 1. The number of alkyl halides is 1. The van der Waals surface area contributed by atoms with Crippen molar-refractivity contribution in [3.8, 4) is 0 Å². The first-order valence-electron chi connectivity index (χ1n) is 6.46. The van der Waals surface area contributed by atoms with E-state index in [-0.39, 0.29) is 6.04 Å². The molecule has 0 fully saturated rings. The van der Waals surface area contributed by atoms with Crippen LogP contribution in [0.3, 0.4) is 0 Å². The highest BCUT2D eigenvalue weighted by Crippen LogP contribution is 2.24. The van der Waals surface area contributed by atoms with Crippen LogP contribution in [0, 0.1) is 0 Å². The van der Waals surface area contributed by atoms with Gasteiger partial charge in [-0.15, -0.1) is 16.7 Å². The highest BCUT2D eigenvalue weighted by atomic mass is 35.5. The molecule has 20 heavy (non-hydrogen) atoms. The Morgan fingerprint density at radius 1 is 1.00 bits per heavy atom. The van der Waals surface area contributed by atoms with Crippen LogP contribution in [0.4, 0.5) is 5.82 Å². The molecule has 0 amide bonds. The van der Waals surface area contributed by atoms with Gasteiger partial charge in [0.05, 0.1) is 12.2 Å². The van der Waals surface area contributed by atoms with Crippen molar-refractivity contribution in [2.24, 2.45) is 0 Å². The molecule has 0 saturated heterocycles. The Morgan fingerprint density at radius 2 is 1.75 bits per heavy atom. The minimum Gasteiger partial charge on any atom is -0.360 e. The van der Waals surface area contributed by atoms with Crippen molar-refractivity contribution in [1.29, 1.82) is 0 Å². The van der Waals surface area contributed by atoms with Crippen LogP contribution in [0.5, 0.6) is 0 Å². The second-order valence-corrected chi connectivity index (χ2v) is 4.85. The van der Waals surface area contributed by atoms with Gasteiger partial charge in [0.25, 0.3) is 0 Å². The monoisotopic (exact) mass is 283 g/mol. The predicted molar refractivity (Wildman–Crippen MR) is 83.1 cm³/mol. The first kappa shape index (κ1) is 12.9. The van der Waals surface area contributed by atoms with Crippen LogP contribution in [0.15, 0.2) is 60.8 Å². The Balaban J connectivity index is 1.96. The Labute approximate surface area is 122 Å². The lowest BCUT2D eigenvalue weighted by Gasteiger charge is -2.17. The number of nitrogens with zero attached hydrogens (tertiary/aromatic N) is 2. The van der Waals surface area contributed by atoms with Crippen LogP contribution in [-0.2, 0) is 0 Å². The van der Waals surface area contributed by atoms with Crippen molar-refractivity contribution >= 4 is 28.2 Å². The summed E-state index contributed by atoms with van der Waals surface area (Å²) in [5, 5.41) is 13.7. The molecule has 1 atom stereocenters. The van der Waals surface area contributed by atoms with Crippen molar-refractivity contribution in [2.75, 3.05) is 11.2 Å². The quantitative estimate of drug-likeness (QED) is 0.735. The van der Waals surface area contributed by atoms with Gasteiger partial charge in [0, 0.05) is 16.7 Å². The zero-order valence-electron chi connectivity index (χ0n) is 10.8. The molecule has 0 spiro atoms. The number of aromatic nitrogens is 2. The zero-order chi connectivity index (χ0) is 13.8. The van der Waals surface area contributed by atoms with E-state index in [9.17, 15) is 0 Å². The van der Waals surface area contributed by atoms with Gasteiger partial charge in [0.2, 0.25) is 0 Å². The van der Waals surface area contributed by atoms with Gasteiger partial charge in [-0.2, -0.15) is 5.10 Å². The minimum absolute atomic E-state index is 0.0120. The van der Waals surface area contributed by atoms with E-state index in [4.69, 9.17) is 11.6 Å². The fourth-order valence-electron chi connectivity index (χ4n) is 2.20. The molecule has 0 aliphatic carbocycles. The molecule has 1 heterocycles. The Morgan fingerprint density at radius 3 is 2.55 bits per heavy atom. The fraction of sp³-hybridized carbons (Fsp3) is 0.125. The minimum atomic E-state index is 0.0120. The van der Waals surface area contributed by atoms with Crippen LogP contribution in [0.25, 0.3) is 10.8 Å². The summed E-state index contributed by atoms with van der Waals surface area (Å²) in [6.07, 6.45) is 1.76. The van der Waals surface area contributed by atoms with Crippen molar-refractivity contribution < 1.29 is 0 Å². The molecule has 1 unspecified atom stereocenters. The van der Waals surface area contributed by atoms with Crippen LogP contribution in [-0.4, -0.2) is 16.1 Å². The number of benzene rings is 2. The lowest BCUT2D eigenvalue weighted by atomic mass is 10.1. The number of nitrogens with one attached hydrogen (secondary N) is 1. The van der Waals surface area contributed by atoms with E-state index in [1.807, 2.05) is 42.5 Å². The standard InChI is InChI=1S/C16H14ClN3/c17-10-15(12-6-2-1-3-7-12)19-16-14-9-5-4-8-13(14)11-18-20-16/h1-9,11,15H,10H2,(H,19,20). The second kappa shape index (κ2) is 5.88. The number of fused-ring (bicyclic) bond motifs is 1. The molecule has 1 aromatic heterocycles. The maximum absolute atomic E-state index is 6.09. The van der Waals surface area contributed by atoms with E-state index in [0.29, 0.717) is 5.88 Å². The second-order valence-electron chi connectivity index (χ2n) is 4.54. The normalized spacial score (nSPS) is 12.2. The van der Waals surface area contributed by atoms with Crippen molar-refractivity contribution in [3.05, 3.63) is 66.4 Å². The summed E-state index contributed by atoms with van der Waals surface area (Å²) in [7, 11) is 0. The van der Waals surface area contributed by atoms with Gasteiger partial charge in [-0.25, -0.2) is 0 Å². The first-order chi connectivity index (χ1) is 9.88. The molecule has 4 heteroatoms. The Kier molecular flexibility index (Phi) is 3.79. The molecule has 3 nitrogen and oxygen atoms in total.